The van der Waals surface area contributed by atoms with Crippen LogP contribution in [0.4, 0.5) is 0 Å². The molecular weight excluding hydrogens is 232 g/mol. The first-order chi connectivity index (χ1) is 8.47. The summed E-state index contributed by atoms with van der Waals surface area (Å²) >= 11 is 0. The van der Waals surface area contributed by atoms with E-state index in [9.17, 15) is 5.11 Å². The lowest BCUT2D eigenvalue weighted by molar-refractivity contribution is 0.0901. The predicted molar refractivity (Wildman–Crippen MR) is 84.0 cm³/mol. The molecule has 19 heavy (non-hydrogen) atoms. The van der Waals surface area contributed by atoms with Crippen LogP contribution in [0.1, 0.15) is 61.3 Å². The van der Waals surface area contributed by atoms with Crippen LogP contribution in [0.25, 0.3) is 0 Å². The highest BCUT2D eigenvalue weighted by Gasteiger charge is 2.44. The van der Waals surface area contributed by atoms with Crippen molar-refractivity contribution >= 4 is 0 Å². The Bertz CT molecular complexity index is 371. The molecule has 1 aliphatic carbocycles. The number of aliphatic hydroxyl groups excluding tert-OH is 1. The van der Waals surface area contributed by atoms with E-state index in [1.54, 1.807) is 0 Å². The van der Waals surface area contributed by atoms with Crippen LogP contribution < -0.4 is 0 Å². The van der Waals surface area contributed by atoms with Crippen molar-refractivity contribution in [2.45, 2.75) is 67.4 Å². The van der Waals surface area contributed by atoms with Crippen molar-refractivity contribution < 1.29 is 5.11 Å². The number of rotatable bonds is 4. The summed E-state index contributed by atoms with van der Waals surface area (Å²) in [6.07, 6.45) is 3.97. The minimum Gasteiger partial charge on any atom is -0.393 e. The van der Waals surface area contributed by atoms with E-state index in [0.29, 0.717) is 11.8 Å². The molecule has 0 amide bonds. The lowest BCUT2D eigenvalue weighted by Crippen LogP contribution is -2.40. The number of hydrogen-bond donors (Lipinski definition) is 1. The molecule has 0 heterocycles. The molecule has 0 spiro atoms. The van der Waals surface area contributed by atoms with Gasteiger partial charge in [-0.25, -0.2) is 0 Å². The van der Waals surface area contributed by atoms with Gasteiger partial charge < -0.3 is 5.11 Å². The van der Waals surface area contributed by atoms with E-state index >= 15 is 0 Å². The molecule has 0 aromatic rings. The highest BCUT2D eigenvalue weighted by atomic mass is 16.3. The Morgan fingerprint density at radius 3 is 2.32 bits per heavy atom. The second-order valence-corrected chi connectivity index (χ2v) is 8.08. The van der Waals surface area contributed by atoms with E-state index in [0.717, 1.165) is 12.8 Å². The Kier molecular flexibility index (Phi) is 4.72. The zero-order valence-corrected chi connectivity index (χ0v) is 13.9. The van der Waals surface area contributed by atoms with Crippen molar-refractivity contribution in [2.75, 3.05) is 0 Å². The van der Waals surface area contributed by atoms with Gasteiger partial charge in [0.1, 0.15) is 0 Å². The summed E-state index contributed by atoms with van der Waals surface area (Å²) in [6.45, 7) is 20.0. The van der Waals surface area contributed by atoms with Crippen LogP contribution in [0.2, 0.25) is 0 Å². The molecule has 1 aliphatic rings. The summed E-state index contributed by atoms with van der Waals surface area (Å²) in [5, 5.41) is 10.1. The molecule has 0 aromatic heterocycles. The zero-order chi connectivity index (χ0) is 15.0. The van der Waals surface area contributed by atoms with Gasteiger partial charge in [-0.1, -0.05) is 65.3 Å². The largest absolute Gasteiger partial charge is 0.393 e. The molecule has 110 valence electrons. The van der Waals surface area contributed by atoms with Crippen LogP contribution in [0.5, 0.6) is 0 Å². The van der Waals surface area contributed by atoms with E-state index in [4.69, 9.17) is 0 Å². The van der Waals surface area contributed by atoms with Crippen molar-refractivity contribution in [1.29, 1.82) is 0 Å². The SMILES string of the molecule is C=C(CC(O)C(C)C)C1C(C)(C)C=C(C)CC1(C)C. The second-order valence-electron chi connectivity index (χ2n) is 8.08. The quantitative estimate of drug-likeness (QED) is 0.711. The maximum absolute atomic E-state index is 10.1. The molecule has 1 N–H and O–H groups in total. The molecule has 1 rings (SSSR count). The van der Waals surface area contributed by atoms with Crippen LogP contribution in [0, 0.1) is 22.7 Å². The Balaban J connectivity index is 2.99. The Morgan fingerprint density at radius 1 is 1.37 bits per heavy atom. The van der Waals surface area contributed by atoms with Gasteiger partial charge in [0.05, 0.1) is 6.10 Å². The fourth-order valence-corrected chi connectivity index (χ4v) is 4.30. The number of allylic oxidation sites excluding steroid dienone is 2. The minimum atomic E-state index is -0.272. The topological polar surface area (TPSA) is 20.2 Å². The fraction of sp³-hybridized carbons (Fsp3) is 0.778. The molecule has 0 radical (unpaired) electrons. The van der Waals surface area contributed by atoms with Crippen molar-refractivity contribution in [2.24, 2.45) is 22.7 Å². The first-order valence-corrected chi connectivity index (χ1v) is 7.51. The summed E-state index contributed by atoms with van der Waals surface area (Å²) in [6, 6.07) is 0. The Hall–Kier alpha value is -0.560. The van der Waals surface area contributed by atoms with Gasteiger partial charge >= 0.3 is 0 Å². The molecule has 1 heteroatoms. The molecule has 2 unspecified atom stereocenters. The standard InChI is InChI=1S/C18H32O/c1-12(2)15(19)9-14(4)16-17(5,6)10-13(3)11-18(16,7)8/h10,12,15-16,19H,4,9,11H2,1-3,5-8H3. The van der Waals surface area contributed by atoms with Gasteiger partial charge in [-0.15, -0.1) is 0 Å². The third-order valence-electron chi connectivity index (χ3n) is 4.53. The predicted octanol–water partition coefficient (Wildman–Crippen LogP) is 4.97. The summed E-state index contributed by atoms with van der Waals surface area (Å²) in [7, 11) is 0. The lowest BCUT2D eigenvalue weighted by Gasteiger charge is -2.49. The lowest BCUT2D eigenvalue weighted by atomic mass is 9.56. The van der Waals surface area contributed by atoms with E-state index in [2.05, 4.69) is 61.1 Å². The molecule has 2 atom stereocenters. The summed E-state index contributed by atoms with van der Waals surface area (Å²) in [5.41, 5.74) is 3.03. The van der Waals surface area contributed by atoms with Gasteiger partial charge in [-0.2, -0.15) is 0 Å². The Morgan fingerprint density at radius 2 is 1.89 bits per heavy atom. The van der Waals surface area contributed by atoms with E-state index in [-0.39, 0.29) is 16.9 Å². The van der Waals surface area contributed by atoms with E-state index in [1.165, 1.54) is 11.1 Å². The molecule has 1 nitrogen and oxygen atoms in total. The van der Waals surface area contributed by atoms with Crippen molar-refractivity contribution in [3.63, 3.8) is 0 Å². The molecule has 0 saturated carbocycles. The van der Waals surface area contributed by atoms with E-state index in [1.807, 2.05) is 0 Å². The monoisotopic (exact) mass is 264 g/mol. The van der Waals surface area contributed by atoms with Crippen LogP contribution in [-0.2, 0) is 0 Å². The van der Waals surface area contributed by atoms with Gasteiger partial charge in [0.15, 0.2) is 0 Å². The van der Waals surface area contributed by atoms with Crippen LogP contribution in [-0.4, -0.2) is 11.2 Å². The molecule has 0 saturated heterocycles. The van der Waals surface area contributed by atoms with Crippen molar-refractivity contribution in [3.05, 3.63) is 23.8 Å². The Labute approximate surface area is 119 Å². The summed E-state index contributed by atoms with van der Waals surface area (Å²) in [5.74, 6) is 0.723. The smallest absolute Gasteiger partial charge is 0.0600 e. The maximum Gasteiger partial charge on any atom is 0.0600 e. The maximum atomic E-state index is 10.1. The minimum absolute atomic E-state index is 0.125. The van der Waals surface area contributed by atoms with Gasteiger partial charge in [0.2, 0.25) is 0 Å². The molecular formula is C18H32O. The van der Waals surface area contributed by atoms with Gasteiger partial charge in [0, 0.05) is 0 Å². The van der Waals surface area contributed by atoms with Crippen LogP contribution >= 0.6 is 0 Å². The van der Waals surface area contributed by atoms with Gasteiger partial charge in [0.25, 0.3) is 0 Å². The number of aliphatic hydroxyl groups is 1. The third kappa shape index (κ3) is 3.72. The normalized spacial score (nSPS) is 27.0. The van der Waals surface area contributed by atoms with Gasteiger partial charge in [-0.05, 0) is 42.4 Å². The van der Waals surface area contributed by atoms with Crippen LogP contribution in [0.3, 0.4) is 0 Å². The first-order valence-electron chi connectivity index (χ1n) is 7.51. The highest BCUT2D eigenvalue weighted by Crippen LogP contribution is 2.53. The second kappa shape index (κ2) is 5.44. The average Bonchev–Trinajstić information content (AvgIpc) is 2.11. The summed E-state index contributed by atoms with van der Waals surface area (Å²) in [4.78, 5) is 0. The first kappa shape index (κ1) is 16.5. The summed E-state index contributed by atoms with van der Waals surface area (Å²) < 4.78 is 0. The zero-order valence-electron chi connectivity index (χ0n) is 13.9. The molecule has 0 aliphatic heterocycles. The van der Waals surface area contributed by atoms with Crippen LogP contribution in [0.15, 0.2) is 23.8 Å². The third-order valence-corrected chi connectivity index (χ3v) is 4.53. The van der Waals surface area contributed by atoms with Gasteiger partial charge in [-0.3, -0.25) is 0 Å². The average molecular weight is 264 g/mol. The molecule has 0 fully saturated rings. The van der Waals surface area contributed by atoms with Crippen molar-refractivity contribution in [3.8, 4) is 0 Å². The fourth-order valence-electron chi connectivity index (χ4n) is 4.30. The number of hydrogen-bond acceptors (Lipinski definition) is 1. The molecule has 0 aromatic carbocycles. The highest BCUT2D eigenvalue weighted by molar-refractivity contribution is 5.24. The molecule has 0 bridgehead atoms. The van der Waals surface area contributed by atoms with Crippen molar-refractivity contribution in [1.82, 2.24) is 0 Å². The van der Waals surface area contributed by atoms with E-state index < -0.39 is 0 Å².